The normalized spacial score (nSPS) is 15.9. The summed E-state index contributed by atoms with van der Waals surface area (Å²) >= 11 is 0. The molecule has 0 aromatic carbocycles. The number of β-amino-alcohol motifs (C(OH)–C–C–N with tert-alkyl or cyclic N) is 1. The zero-order valence-corrected chi connectivity index (χ0v) is 11.5. The predicted octanol–water partition coefficient (Wildman–Crippen LogP) is -1.03. The van der Waals surface area contributed by atoms with Crippen molar-refractivity contribution in [1.29, 1.82) is 0 Å². The minimum absolute atomic E-state index is 0.189. The SMILES string of the molecule is CC(C)Cn1c(N)c(N2CC(O)C2)c(=O)n(C)c1=O. The Morgan fingerprint density at radius 1 is 1.37 bits per heavy atom. The molecule has 0 radical (unpaired) electrons. The van der Waals surface area contributed by atoms with E-state index in [1.165, 1.54) is 11.6 Å². The van der Waals surface area contributed by atoms with E-state index in [0.717, 1.165) is 4.57 Å². The number of nitrogens with zero attached hydrogens (tertiary/aromatic N) is 3. The second-order valence-electron chi connectivity index (χ2n) is 5.44. The summed E-state index contributed by atoms with van der Waals surface area (Å²) in [6.45, 7) is 5.16. The summed E-state index contributed by atoms with van der Waals surface area (Å²) in [5.74, 6) is 0.432. The summed E-state index contributed by atoms with van der Waals surface area (Å²) in [7, 11) is 1.45. The van der Waals surface area contributed by atoms with Crippen molar-refractivity contribution in [1.82, 2.24) is 9.13 Å². The minimum Gasteiger partial charge on any atom is -0.389 e. The molecule has 0 atom stereocenters. The molecule has 7 nitrogen and oxygen atoms in total. The third kappa shape index (κ3) is 2.25. The van der Waals surface area contributed by atoms with Crippen LogP contribution in [0.25, 0.3) is 0 Å². The van der Waals surface area contributed by atoms with Crippen molar-refractivity contribution in [2.75, 3.05) is 23.7 Å². The van der Waals surface area contributed by atoms with Gasteiger partial charge in [-0.3, -0.25) is 13.9 Å². The average Bonchev–Trinajstić information content (AvgIpc) is 2.30. The van der Waals surface area contributed by atoms with Crippen molar-refractivity contribution < 1.29 is 5.11 Å². The fourth-order valence-electron chi connectivity index (χ4n) is 2.24. The molecule has 0 unspecified atom stereocenters. The predicted molar refractivity (Wildman–Crippen MR) is 73.4 cm³/mol. The molecule has 7 heteroatoms. The number of nitrogens with two attached hydrogens (primary N) is 1. The quantitative estimate of drug-likeness (QED) is 0.731. The second-order valence-corrected chi connectivity index (χ2v) is 5.44. The molecule has 1 aromatic rings. The molecule has 0 saturated carbocycles. The molecule has 0 aliphatic carbocycles. The number of rotatable bonds is 3. The second kappa shape index (κ2) is 4.73. The van der Waals surface area contributed by atoms with Gasteiger partial charge in [0.1, 0.15) is 11.5 Å². The maximum atomic E-state index is 12.1. The van der Waals surface area contributed by atoms with E-state index in [1.807, 2.05) is 13.8 Å². The Morgan fingerprint density at radius 2 is 1.95 bits per heavy atom. The molecule has 1 aliphatic rings. The van der Waals surface area contributed by atoms with E-state index in [-0.39, 0.29) is 11.7 Å². The number of aromatic nitrogens is 2. The van der Waals surface area contributed by atoms with Gasteiger partial charge < -0.3 is 15.7 Å². The standard InChI is InChI=1S/C12H20N4O3/c1-7(2)4-16-10(13)9(15-5-8(17)6-15)11(18)14(3)12(16)19/h7-8,17H,4-6,13H2,1-3H3. The smallest absolute Gasteiger partial charge is 0.332 e. The topological polar surface area (TPSA) is 93.5 Å². The molecule has 1 aromatic heterocycles. The van der Waals surface area contributed by atoms with Crippen LogP contribution in [0, 0.1) is 5.92 Å². The Hall–Kier alpha value is -1.76. The largest absolute Gasteiger partial charge is 0.389 e. The zero-order valence-electron chi connectivity index (χ0n) is 11.5. The highest BCUT2D eigenvalue weighted by atomic mass is 16.3. The molecule has 19 heavy (non-hydrogen) atoms. The maximum absolute atomic E-state index is 12.1. The summed E-state index contributed by atoms with van der Waals surface area (Å²) in [5.41, 5.74) is 5.49. The lowest BCUT2D eigenvalue weighted by Crippen LogP contribution is -2.55. The van der Waals surface area contributed by atoms with Crippen LogP contribution in [0.3, 0.4) is 0 Å². The molecule has 0 bridgehead atoms. The molecule has 0 spiro atoms. The first-order valence-corrected chi connectivity index (χ1v) is 6.35. The van der Waals surface area contributed by atoms with E-state index in [9.17, 15) is 14.7 Å². The van der Waals surface area contributed by atoms with Crippen LogP contribution in [0.2, 0.25) is 0 Å². The fraction of sp³-hybridized carbons (Fsp3) is 0.667. The molecule has 1 saturated heterocycles. The number of hydrogen-bond donors (Lipinski definition) is 2. The Balaban J connectivity index is 2.57. The van der Waals surface area contributed by atoms with Gasteiger partial charge in [0.05, 0.1) is 6.10 Å². The molecular weight excluding hydrogens is 248 g/mol. The average molecular weight is 268 g/mol. The molecular formula is C12H20N4O3. The van der Waals surface area contributed by atoms with Gasteiger partial charge in [0.2, 0.25) is 0 Å². The van der Waals surface area contributed by atoms with Crippen LogP contribution in [0.1, 0.15) is 13.8 Å². The summed E-state index contributed by atoms with van der Waals surface area (Å²) in [6, 6.07) is 0. The zero-order chi connectivity index (χ0) is 14.3. The van der Waals surface area contributed by atoms with E-state index in [0.29, 0.717) is 25.3 Å². The van der Waals surface area contributed by atoms with Crippen LogP contribution in [0.5, 0.6) is 0 Å². The van der Waals surface area contributed by atoms with Gasteiger partial charge in [-0.1, -0.05) is 13.8 Å². The van der Waals surface area contributed by atoms with E-state index in [4.69, 9.17) is 5.73 Å². The van der Waals surface area contributed by atoms with Crippen molar-refractivity contribution in [3.05, 3.63) is 20.8 Å². The highest BCUT2D eigenvalue weighted by Crippen LogP contribution is 2.22. The summed E-state index contributed by atoms with van der Waals surface area (Å²) in [6.07, 6.45) is -0.436. The Labute approximate surface area is 110 Å². The van der Waals surface area contributed by atoms with Gasteiger partial charge in [0, 0.05) is 26.7 Å². The van der Waals surface area contributed by atoms with Crippen molar-refractivity contribution in [3.8, 4) is 0 Å². The van der Waals surface area contributed by atoms with Crippen LogP contribution in [0.4, 0.5) is 11.5 Å². The van der Waals surface area contributed by atoms with Crippen molar-refractivity contribution in [3.63, 3.8) is 0 Å². The van der Waals surface area contributed by atoms with Crippen LogP contribution in [-0.4, -0.2) is 33.4 Å². The van der Waals surface area contributed by atoms with Gasteiger partial charge in [-0.15, -0.1) is 0 Å². The first-order valence-electron chi connectivity index (χ1n) is 6.35. The molecule has 2 rings (SSSR count). The van der Waals surface area contributed by atoms with E-state index < -0.39 is 17.4 Å². The van der Waals surface area contributed by atoms with Gasteiger partial charge >= 0.3 is 5.69 Å². The van der Waals surface area contributed by atoms with Gasteiger partial charge in [-0.25, -0.2) is 4.79 Å². The van der Waals surface area contributed by atoms with E-state index in [2.05, 4.69) is 0 Å². The lowest BCUT2D eigenvalue weighted by molar-refractivity contribution is 0.141. The van der Waals surface area contributed by atoms with Crippen molar-refractivity contribution in [2.45, 2.75) is 26.5 Å². The van der Waals surface area contributed by atoms with Crippen LogP contribution < -0.4 is 21.9 Å². The Morgan fingerprint density at radius 3 is 2.42 bits per heavy atom. The van der Waals surface area contributed by atoms with E-state index in [1.54, 1.807) is 4.90 Å². The number of nitrogen functional groups attached to an aromatic ring is 1. The molecule has 106 valence electrons. The molecule has 0 amide bonds. The summed E-state index contributed by atoms with van der Waals surface area (Å²) in [5, 5.41) is 9.34. The third-order valence-electron chi connectivity index (χ3n) is 3.28. The Kier molecular flexibility index (Phi) is 3.40. The minimum atomic E-state index is -0.436. The van der Waals surface area contributed by atoms with Gasteiger partial charge in [-0.05, 0) is 5.92 Å². The van der Waals surface area contributed by atoms with Gasteiger partial charge in [0.15, 0.2) is 0 Å². The van der Waals surface area contributed by atoms with Crippen LogP contribution >= 0.6 is 0 Å². The lowest BCUT2D eigenvalue weighted by Gasteiger charge is -2.38. The van der Waals surface area contributed by atoms with E-state index >= 15 is 0 Å². The van der Waals surface area contributed by atoms with Gasteiger partial charge in [0.25, 0.3) is 5.56 Å². The molecule has 2 heterocycles. The molecule has 1 aliphatic heterocycles. The van der Waals surface area contributed by atoms with Crippen molar-refractivity contribution >= 4 is 11.5 Å². The maximum Gasteiger partial charge on any atom is 0.332 e. The first kappa shape index (κ1) is 13.7. The van der Waals surface area contributed by atoms with Crippen LogP contribution in [0.15, 0.2) is 9.59 Å². The molecule has 3 N–H and O–H groups in total. The third-order valence-corrected chi connectivity index (χ3v) is 3.28. The summed E-state index contributed by atoms with van der Waals surface area (Å²) in [4.78, 5) is 25.9. The highest BCUT2D eigenvalue weighted by Gasteiger charge is 2.30. The lowest BCUT2D eigenvalue weighted by atomic mass is 10.1. The van der Waals surface area contributed by atoms with Crippen molar-refractivity contribution in [2.24, 2.45) is 13.0 Å². The van der Waals surface area contributed by atoms with Crippen LogP contribution in [-0.2, 0) is 13.6 Å². The summed E-state index contributed by atoms with van der Waals surface area (Å²) < 4.78 is 2.49. The fourth-order valence-corrected chi connectivity index (χ4v) is 2.24. The number of anilines is 2. The number of aliphatic hydroxyl groups excluding tert-OH is 1. The monoisotopic (exact) mass is 268 g/mol. The number of aliphatic hydroxyl groups is 1. The Bertz CT molecular complexity index is 596. The number of hydrogen-bond acceptors (Lipinski definition) is 5. The first-order chi connectivity index (χ1) is 8.82. The molecule has 1 fully saturated rings. The van der Waals surface area contributed by atoms with Gasteiger partial charge in [-0.2, -0.15) is 0 Å². The highest BCUT2D eigenvalue weighted by molar-refractivity contribution is 5.64.